The van der Waals surface area contributed by atoms with E-state index in [1.54, 1.807) is 0 Å². The first kappa shape index (κ1) is 23.4. The molecule has 0 saturated heterocycles. The van der Waals surface area contributed by atoms with E-state index in [0.717, 1.165) is 37.7 Å². The number of fused-ring (bicyclic) bond motifs is 5. The zero-order chi connectivity index (χ0) is 24.3. The zero-order valence-corrected chi connectivity index (χ0v) is 21.5. The molecule has 5 heteroatoms. The van der Waals surface area contributed by atoms with Crippen LogP contribution in [0.3, 0.4) is 0 Å². The minimum Gasteiger partial charge on any atom is -0.378 e. The summed E-state index contributed by atoms with van der Waals surface area (Å²) in [6.45, 7) is 5.38. The first-order valence-electron chi connectivity index (χ1n) is 13.1. The van der Waals surface area contributed by atoms with Crippen molar-refractivity contribution in [2.45, 2.75) is 65.0 Å². The lowest BCUT2D eigenvalue weighted by molar-refractivity contribution is -0.142. The molecule has 2 amide bonds. The van der Waals surface area contributed by atoms with Gasteiger partial charge in [-0.15, -0.1) is 0 Å². The molecule has 1 N–H and O–H groups in total. The van der Waals surface area contributed by atoms with Crippen molar-refractivity contribution in [3.05, 3.63) is 42.0 Å². The molecule has 0 radical (unpaired) electrons. The van der Waals surface area contributed by atoms with Crippen molar-refractivity contribution in [3.63, 3.8) is 0 Å². The van der Waals surface area contributed by atoms with E-state index in [1.165, 1.54) is 12.1 Å². The van der Waals surface area contributed by atoms with Gasteiger partial charge in [0.1, 0.15) is 0 Å². The second kappa shape index (κ2) is 8.42. The van der Waals surface area contributed by atoms with E-state index in [4.69, 9.17) is 0 Å². The Morgan fingerprint density at radius 2 is 1.79 bits per heavy atom. The van der Waals surface area contributed by atoms with E-state index in [1.807, 2.05) is 32.1 Å². The van der Waals surface area contributed by atoms with Gasteiger partial charge in [0.15, 0.2) is 0 Å². The second-order valence-corrected chi connectivity index (χ2v) is 12.1. The highest BCUT2D eigenvalue weighted by atomic mass is 16.2. The third-order valence-corrected chi connectivity index (χ3v) is 10.4. The lowest BCUT2D eigenvalue weighted by Crippen LogP contribution is -2.59. The SMILES string of the molecule is CN(C)c1ccc(CNC(=O)C2CC[C@H]3[C@@H]4CCC5N(C)C(=O)C=C[C@]5(C)[C@@H]4CC[C@]23C)cc1. The number of carbonyl (C=O) groups is 2. The highest BCUT2D eigenvalue weighted by molar-refractivity contribution is 5.89. The number of amides is 2. The summed E-state index contributed by atoms with van der Waals surface area (Å²) >= 11 is 0. The number of hydrogen-bond acceptors (Lipinski definition) is 3. The first-order chi connectivity index (χ1) is 16.1. The molecule has 2 unspecified atom stereocenters. The van der Waals surface area contributed by atoms with E-state index in [9.17, 15) is 9.59 Å². The van der Waals surface area contributed by atoms with E-state index < -0.39 is 0 Å². The Labute approximate surface area is 205 Å². The summed E-state index contributed by atoms with van der Waals surface area (Å²) in [4.78, 5) is 29.8. The predicted octanol–water partition coefficient (Wildman–Crippen LogP) is 4.62. The molecule has 1 heterocycles. The molecule has 0 aromatic heterocycles. The van der Waals surface area contributed by atoms with Gasteiger partial charge in [0.05, 0.1) is 0 Å². The van der Waals surface area contributed by atoms with Gasteiger partial charge in [0.2, 0.25) is 11.8 Å². The summed E-state index contributed by atoms with van der Waals surface area (Å²) in [6.07, 6.45) is 10.7. The molecule has 0 bridgehead atoms. The van der Waals surface area contributed by atoms with Gasteiger partial charge < -0.3 is 15.1 Å². The Kier molecular flexibility index (Phi) is 5.81. The van der Waals surface area contributed by atoms with Gasteiger partial charge in [-0.3, -0.25) is 9.59 Å². The van der Waals surface area contributed by atoms with Crippen molar-refractivity contribution in [2.75, 3.05) is 26.0 Å². The Balaban J connectivity index is 1.28. The van der Waals surface area contributed by atoms with Gasteiger partial charge in [-0.25, -0.2) is 0 Å². The van der Waals surface area contributed by atoms with E-state index in [-0.39, 0.29) is 28.6 Å². The number of nitrogens with one attached hydrogen (secondary N) is 1. The van der Waals surface area contributed by atoms with E-state index in [2.05, 4.69) is 54.4 Å². The largest absolute Gasteiger partial charge is 0.378 e. The molecule has 5 rings (SSSR count). The van der Waals surface area contributed by atoms with Crippen LogP contribution in [-0.4, -0.2) is 43.9 Å². The van der Waals surface area contributed by atoms with Crippen LogP contribution in [0.5, 0.6) is 0 Å². The summed E-state index contributed by atoms with van der Waals surface area (Å²) in [5.41, 5.74) is 2.47. The number of benzene rings is 1. The van der Waals surface area contributed by atoms with E-state index in [0.29, 0.717) is 30.3 Å². The monoisotopic (exact) mass is 463 g/mol. The number of carbonyl (C=O) groups excluding carboxylic acids is 2. The molecule has 1 aromatic carbocycles. The molecule has 3 aliphatic carbocycles. The van der Waals surface area contributed by atoms with Crippen LogP contribution < -0.4 is 10.2 Å². The van der Waals surface area contributed by atoms with Gasteiger partial charge in [0, 0.05) is 50.7 Å². The summed E-state index contributed by atoms with van der Waals surface area (Å²) < 4.78 is 0. The fraction of sp³-hybridized carbons (Fsp3) is 0.655. The van der Waals surface area contributed by atoms with Crippen LogP contribution in [0.4, 0.5) is 5.69 Å². The van der Waals surface area contributed by atoms with Crippen LogP contribution in [-0.2, 0) is 16.1 Å². The molecule has 184 valence electrons. The van der Waals surface area contributed by atoms with Crippen LogP contribution in [0.25, 0.3) is 0 Å². The average Bonchev–Trinajstić information content (AvgIpc) is 3.18. The third kappa shape index (κ3) is 3.58. The highest BCUT2D eigenvalue weighted by Gasteiger charge is 2.61. The molecule has 0 spiro atoms. The average molecular weight is 464 g/mol. The van der Waals surface area contributed by atoms with Crippen LogP contribution in [0, 0.1) is 34.5 Å². The standard InChI is InChI=1S/C29H41N3O2/c1-28-16-14-23-21(10-13-25-29(23,2)17-15-26(33)32(25)5)22(28)11-12-24(28)27(34)30-18-19-6-8-20(9-7-19)31(3)4/h6-9,15,17,21-25H,10-14,16,18H2,1-5H3,(H,30,34)/t21-,22-,23+,24?,25?,28-,29+/m0/s1. The van der Waals surface area contributed by atoms with Crippen molar-refractivity contribution in [1.82, 2.24) is 10.2 Å². The Bertz CT molecular complexity index is 986. The number of nitrogens with zero attached hydrogens (tertiary/aromatic N) is 2. The maximum atomic E-state index is 13.4. The molecule has 3 fully saturated rings. The number of rotatable bonds is 4. The molecule has 7 atom stereocenters. The minimum atomic E-state index is 0.0615. The fourth-order valence-electron chi connectivity index (χ4n) is 8.39. The smallest absolute Gasteiger partial charge is 0.246 e. The maximum absolute atomic E-state index is 13.4. The van der Waals surface area contributed by atoms with Crippen LogP contribution in [0.1, 0.15) is 57.9 Å². The summed E-state index contributed by atoms with van der Waals surface area (Å²) in [6, 6.07) is 8.75. The van der Waals surface area contributed by atoms with E-state index >= 15 is 0 Å². The Morgan fingerprint density at radius 3 is 2.50 bits per heavy atom. The Morgan fingerprint density at radius 1 is 1.06 bits per heavy atom. The number of hydrogen-bond donors (Lipinski definition) is 1. The van der Waals surface area contributed by atoms with Gasteiger partial charge in [-0.1, -0.05) is 32.1 Å². The molecule has 1 aliphatic heterocycles. The molecule has 5 nitrogen and oxygen atoms in total. The van der Waals surface area contributed by atoms with Crippen molar-refractivity contribution in [1.29, 1.82) is 0 Å². The molecule has 4 aliphatic rings. The number of likely N-dealkylation sites (N-methyl/N-ethyl adjacent to an activating group) is 1. The lowest BCUT2D eigenvalue weighted by atomic mass is 9.47. The van der Waals surface area contributed by atoms with Gasteiger partial charge in [-0.05, 0) is 85.5 Å². The number of anilines is 1. The minimum absolute atomic E-state index is 0.0615. The highest BCUT2D eigenvalue weighted by Crippen LogP contribution is 2.65. The quantitative estimate of drug-likeness (QED) is 0.709. The summed E-state index contributed by atoms with van der Waals surface area (Å²) in [7, 11) is 6.06. The molecular formula is C29H41N3O2. The summed E-state index contributed by atoms with van der Waals surface area (Å²) in [5.74, 6) is 2.36. The third-order valence-electron chi connectivity index (χ3n) is 10.4. The Hall–Kier alpha value is -2.30. The zero-order valence-electron chi connectivity index (χ0n) is 21.5. The van der Waals surface area contributed by atoms with Gasteiger partial charge >= 0.3 is 0 Å². The van der Waals surface area contributed by atoms with Gasteiger partial charge in [0.25, 0.3) is 0 Å². The van der Waals surface area contributed by atoms with Crippen molar-refractivity contribution >= 4 is 17.5 Å². The van der Waals surface area contributed by atoms with Crippen LogP contribution >= 0.6 is 0 Å². The van der Waals surface area contributed by atoms with Crippen molar-refractivity contribution < 1.29 is 9.59 Å². The van der Waals surface area contributed by atoms with Gasteiger partial charge in [-0.2, -0.15) is 0 Å². The molecule has 3 saturated carbocycles. The molecular weight excluding hydrogens is 422 g/mol. The fourth-order valence-corrected chi connectivity index (χ4v) is 8.39. The topological polar surface area (TPSA) is 52.7 Å². The van der Waals surface area contributed by atoms with Crippen molar-refractivity contribution in [3.8, 4) is 0 Å². The lowest BCUT2D eigenvalue weighted by Gasteiger charge is -2.60. The molecule has 34 heavy (non-hydrogen) atoms. The normalized spacial score (nSPS) is 38.7. The maximum Gasteiger partial charge on any atom is 0.246 e. The molecule has 1 aromatic rings. The summed E-state index contributed by atoms with van der Waals surface area (Å²) in [5, 5.41) is 3.28. The van der Waals surface area contributed by atoms with Crippen molar-refractivity contribution in [2.24, 2.45) is 34.5 Å². The first-order valence-corrected chi connectivity index (χ1v) is 13.1. The second-order valence-electron chi connectivity index (χ2n) is 12.1. The van der Waals surface area contributed by atoms with Crippen LogP contribution in [0.15, 0.2) is 36.4 Å². The predicted molar refractivity (Wildman–Crippen MR) is 136 cm³/mol. The van der Waals surface area contributed by atoms with Crippen LogP contribution in [0.2, 0.25) is 0 Å².